The molecule has 0 amide bonds. The second kappa shape index (κ2) is 7.63. The van der Waals surface area contributed by atoms with E-state index in [-0.39, 0.29) is 0 Å². The van der Waals surface area contributed by atoms with E-state index >= 15 is 0 Å². The van der Waals surface area contributed by atoms with Crippen molar-refractivity contribution in [3.63, 3.8) is 0 Å². The van der Waals surface area contributed by atoms with E-state index < -0.39 is 0 Å². The van der Waals surface area contributed by atoms with Gasteiger partial charge in [0.25, 0.3) is 0 Å². The molecule has 15 heavy (non-hydrogen) atoms. The lowest BCUT2D eigenvalue weighted by atomic mass is 9.99. The molecule has 1 saturated heterocycles. The Labute approximate surface area is 93.3 Å². The zero-order valence-electron chi connectivity index (χ0n) is 9.66. The predicted octanol–water partition coefficient (Wildman–Crippen LogP) is 2.64. The molecule has 1 aliphatic heterocycles. The van der Waals surface area contributed by atoms with Gasteiger partial charge in [-0.2, -0.15) is 0 Å². The molecule has 1 fully saturated rings. The molecule has 1 rings (SSSR count). The molecule has 2 heteroatoms. The van der Waals surface area contributed by atoms with Crippen molar-refractivity contribution in [2.45, 2.75) is 38.5 Å². The van der Waals surface area contributed by atoms with Crippen LogP contribution in [0.2, 0.25) is 0 Å². The average Bonchev–Trinajstić information content (AvgIpc) is 2.29. The summed E-state index contributed by atoms with van der Waals surface area (Å²) in [5.41, 5.74) is 0. The smallest absolute Gasteiger partial charge is 0.124 e. The monoisotopic (exact) mass is 209 g/mol. The van der Waals surface area contributed by atoms with Crippen molar-refractivity contribution in [3.8, 4) is 0 Å². The Morgan fingerprint density at radius 3 is 2.93 bits per heavy atom. The van der Waals surface area contributed by atoms with Gasteiger partial charge in [0.2, 0.25) is 0 Å². The molecule has 0 radical (unpaired) electrons. The Bertz CT molecular complexity index is 191. The lowest BCUT2D eigenvalue weighted by Gasteiger charge is -2.29. The van der Waals surface area contributed by atoms with E-state index in [0.29, 0.717) is 5.92 Å². The number of unbranched alkanes of at least 4 members (excludes halogenated alkanes) is 3. The minimum atomic E-state index is 0.298. The van der Waals surface area contributed by atoms with Gasteiger partial charge in [0, 0.05) is 12.5 Å². The molecule has 0 aliphatic carbocycles. The van der Waals surface area contributed by atoms with Crippen LogP contribution in [0, 0.1) is 5.92 Å². The maximum atomic E-state index is 10.7. The fraction of sp³-hybridized carbons (Fsp3) is 0.769. The fourth-order valence-corrected chi connectivity index (χ4v) is 2.21. The summed E-state index contributed by atoms with van der Waals surface area (Å²) >= 11 is 0. The van der Waals surface area contributed by atoms with Crippen molar-refractivity contribution in [1.29, 1.82) is 0 Å². The van der Waals surface area contributed by atoms with Crippen LogP contribution in [0.25, 0.3) is 0 Å². The summed E-state index contributed by atoms with van der Waals surface area (Å²) in [4.78, 5) is 13.1. The molecule has 1 heterocycles. The van der Waals surface area contributed by atoms with E-state index in [0.717, 1.165) is 25.7 Å². The van der Waals surface area contributed by atoms with Gasteiger partial charge in [-0.1, -0.05) is 12.5 Å². The highest BCUT2D eigenvalue weighted by Crippen LogP contribution is 2.15. The molecule has 0 bridgehead atoms. The molecule has 1 aliphatic rings. The minimum Gasteiger partial charge on any atom is -0.303 e. The number of likely N-dealkylation sites (tertiary alicyclic amines) is 1. The summed E-state index contributed by atoms with van der Waals surface area (Å²) in [7, 11) is 0. The maximum Gasteiger partial charge on any atom is 0.124 e. The van der Waals surface area contributed by atoms with E-state index in [9.17, 15) is 4.79 Å². The molecule has 0 aromatic rings. The molecule has 1 atom stereocenters. The van der Waals surface area contributed by atoms with Crippen LogP contribution in [0.1, 0.15) is 38.5 Å². The molecule has 86 valence electrons. The Morgan fingerprint density at radius 1 is 1.33 bits per heavy atom. The molecule has 0 aromatic heterocycles. The number of carbonyl (C=O) groups is 1. The second-order valence-electron chi connectivity index (χ2n) is 4.48. The van der Waals surface area contributed by atoms with Crippen molar-refractivity contribution in [3.05, 3.63) is 12.7 Å². The quantitative estimate of drug-likeness (QED) is 0.365. The molecule has 2 nitrogen and oxygen atoms in total. The fourth-order valence-electron chi connectivity index (χ4n) is 2.21. The summed E-state index contributed by atoms with van der Waals surface area (Å²) in [5.74, 6) is 0.298. The first-order valence-electron chi connectivity index (χ1n) is 6.15. The number of hydrogen-bond acceptors (Lipinski definition) is 2. The SMILES string of the molecule is C=CCCCCCN1CCCC(C=O)C1. The second-order valence-corrected chi connectivity index (χ2v) is 4.48. The highest BCUT2D eigenvalue weighted by Gasteiger charge is 2.18. The van der Waals surface area contributed by atoms with E-state index in [1.807, 2.05) is 6.08 Å². The van der Waals surface area contributed by atoms with Gasteiger partial charge in [-0.05, 0) is 45.2 Å². The van der Waals surface area contributed by atoms with Crippen molar-refractivity contribution in [2.24, 2.45) is 5.92 Å². The standard InChI is InChI=1S/C13H23NO/c1-2-3-4-5-6-9-14-10-7-8-13(11-14)12-15/h2,12-13H,1,3-11H2. The van der Waals surface area contributed by atoms with Crippen LogP contribution in [0.4, 0.5) is 0 Å². The first-order chi connectivity index (χ1) is 7.36. The van der Waals surface area contributed by atoms with E-state index in [4.69, 9.17) is 0 Å². The lowest BCUT2D eigenvalue weighted by molar-refractivity contribution is -0.112. The van der Waals surface area contributed by atoms with E-state index in [1.54, 1.807) is 0 Å². The normalized spacial score (nSPS) is 22.5. The highest BCUT2D eigenvalue weighted by atomic mass is 16.1. The average molecular weight is 209 g/mol. The third-order valence-corrected chi connectivity index (χ3v) is 3.12. The van der Waals surface area contributed by atoms with Gasteiger partial charge in [0.05, 0.1) is 0 Å². The van der Waals surface area contributed by atoms with Gasteiger partial charge in [-0.3, -0.25) is 0 Å². The molecule has 1 unspecified atom stereocenters. The summed E-state index contributed by atoms with van der Waals surface area (Å²) < 4.78 is 0. The number of carbonyl (C=O) groups excluding carboxylic acids is 1. The first-order valence-corrected chi connectivity index (χ1v) is 6.15. The summed E-state index contributed by atoms with van der Waals surface area (Å²) in [5, 5.41) is 0. The van der Waals surface area contributed by atoms with E-state index in [2.05, 4.69) is 11.5 Å². The summed E-state index contributed by atoms with van der Waals surface area (Å²) in [6, 6.07) is 0. The third kappa shape index (κ3) is 5.12. The topological polar surface area (TPSA) is 20.3 Å². The number of aldehydes is 1. The predicted molar refractivity (Wildman–Crippen MR) is 63.9 cm³/mol. The first kappa shape index (κ1) is 12.4. The van der Waals surface area contributed by atoms with Crippen LogP contribution in [0.5, 0.6) is 0 Å². The number of piperidine rings is 1. The van der Waals surface area contributed by atoms with Gasteiger partial charge in [0.1, 0.15) is 6.29 Å². The minimum absolute atomic E-state index is 0.298. The van der Waals surface area contributed by atoms with Crippen molar-refractivity contribution in [1.82, 2.24) is 4.90 Å². The van der Waals surface area contributed by atoms with Gasteiger partial charge < -0.3 is 9.69 Å². The zero-order chi connectivity index (χ0) is 10.9. The van der Waals surface area contributed by atoms with Crippen molar-refractivity contribution in [2.75, 3.05) is 19.6 Å². The van der Waals surface area contributed by atoms with Crippen LogP contribution in [-0.4, -0.2) is 30.8 Å². The highest BCUT2D eigenvalue weighted by molar-refractivity contribution is 5.53. The van der Waals surface area contributed by atoms with E-state index in [1.165, 1.54) is 38.8 Å². The van der Waals surface area contributed by atoms with Gasteiger partial charge in [0.15, 0.2) is 0 Å². The third-order valence-electron chi connectivity index (χ3n) is 3.12. The molecule has 0 aromatic carbocycles. The lowest BCUT2D eigenvalue weighted by Crippen LogP contribution is -2.36. The number of rotatable bonds is 7. The zero-order valence-corrected chi connectivity index (χ0v) is 9.66. The summed E-state index contributed by atoms with van der Waals surface area (Å²) in [6.45, 7) is 7.07. The van der Waals surface area contributed by atoms with Crippen LogP contribution in [0.15, 0.2) is 12.7 Å². The number of allylic oxidation sites excluding steroid dienone is 1. The maximum absolute atomic E-state index is 10.7. The molecule has 0 N–H and O–H groups in total. The van der Waals surface area contributed by atoms with Gasteiger partial charge in [-0.15, -0.1) is 6.58 Å². The largest absolute Gasteiger partial charge is 0.303 e. The Hall–Kier alpha value is -0.630. The molecular formula is C13H23NO. The molecule has 0 spiro atoms. The Morgan fingerprint density at radius 2 is 2.20 bits per heavy atom. The number of nitrogens with zero attached hydrogens (tertiary/aromatic N) is 1. The Balaban J connectivity index is 2.04. The van der Waals surface area contributed by atoms with Gasteiger partial charge >= 0.3 is 0 Å². The molecular weight excluding hydrogens is 186 g/mol. The summed E-state index contributed by atoms with van der Waals surface area (Å²) in [6.07, 6.45) is 10.3. The molecule has 0 saturated carbocycles. The Kier molecular flexibility index (Phi) is 6.33. The van der Waals surface area contributed by atoms with Crippen LogP contribution in [0.3, 0.4) is 0 Å². The van der Waals surface area contributed by atoms with Gasteiger partial charge in [-0.25, -0.2) is 0 Å². The van der Waals surface area contributed by atoms with Crippen LogP contribution in [-0.2, 0) is 4.79 Å². The van der Waals surface area contributed by atoms with Crippen molar-refractivity contribution < 1.29 is 4.79 Å². The van der Waals surface area contributed by atoms with Crippen LogP contribution >= 0.6 is 0 Å². The number of hydrogen-bond donors (Lipinski definition) is 0. The van der Waals surface area contributed by atoms with Crippen LogP contribution < -0.4 is 0 Å². The van der Waals surface area contributed by atoms with Crippen molar-refractivity contribution >= 4 is 6.29 Å².